The van der Waals surface area contributed by atoms with Gasteiger partial charge in [0.15, 0.2) is 5.65 Å². The van der Waals surface area contributed by atoms with Crippen LogP contribution in [0.1, 0.15) is 31.5 Å². The van der Waals surface area contributed by atoms with Crippen LogP contribution in [0.15, 0.2) is 36.5 Å². The normalized spacial score (nSPS) is 21.0. The SMILES string of the molecule is Cc1ccc(-c2cnn3c(N4C[C@H](C)C[C@@H](C)C4)cc(C)nc23)cc1. The van der Waals surface area contributed by atoms with Gasteiger partial charge in [-0.3, -0.25) is 0 Å². The number of benzene rings is 1. The number of aromatic nitrogens is 3. The molecule has 3 heterocycles. The van der Waals surface area contributed by atoms with Crippen molar-refractivity contribution in [3.63, 3.8) is 0 Å². The highest BCUT2D eigenvalue weighted by Gasteiger charge is 2.24. The van der Waals surface area contributed by atoms with E-state index in [9.17, 15) is 0 Å². The summed E-state index contributed by atoms with van der Waals surface area (Å²) < 4.78 is 2.02. The van der Waals surface area contributed by atoms with Crippen molar-refractivity contribution < 1.29 is 0 Å². The number of rotatable bonds is 2. The van der Waals surface area contributed by atoms with Gasteiger partial charge in [-0.1, -0.05) is 43.7 Å². The summed E-state index contributed by atoms with van der Waals surface area (Å²) in [5, 5.41) is 4.70. The lowest BCUT2D eigenvalue weighted by Gasteiger charge is -2.36. The van der Waals surface area contributed by atoms with E-state index in [1.165, 1.54) is 23.4 Å². The molecular formula is C21H26N4. The van der Waals surface area contributed by atoms with Gasteiger partial charge in [0.05, 0.1) is 6.20 Å². The van der Waals surface area contributed by atoms with Crippen LogP contribution in [0.4, 0.5) is 5.82 Å². The van der Waals surface area contributed by atoms with Crippen LogP contribution in [-0.2, 0) is 0 Å². The van der Waals surface area contributed by atoms with Crippen molar-refractivity contribution in [3.8, 4) is 11.1 Å². The Morgan fingerprint density at radius 1 is 1.00 bits per heavy atom. The van der Waals surface area contributed by atoms with Gasteiger partial charge in [0, 0.05) is 30.4 Å². The topological polar surface area (TPSA) is 33.4 Å². The molecule has 0 spiro atoms. The molecule has 25 heavy (non-hydrogen) atoms. The third-order valence-electron chi connectivity index (χ3n) is 5.14. The molecule has 0 unspecified atom stereocenters. The van der Waals surface area contributed by atoms with Gasteiger partial charge >= 0.3 is 0 Å². The maximum Gasteiger partial charge on any atom is 0.165 e. The Bertz CT molecular complexity index is 884. The summed E-state index contributed by atoms with van der Waals surface area (Å²) in [6.45, 7) is 11.0. The molecule has 1 saturated heterocycles. The van der Waals surface area contributed by atoms with E-state index >= 15 is 0 Å². The third kappa shape index (κ3) is 3.01. The highest BCUT2D eigenvalue weighted by molar-refractivity contribution is 5.78. The van der Waals surface area contributed by atoms with E-state index in [-0.39, 0.29) is 0 Å². The second kappa shape index (κ2) is 6.17. The maximum atomic E-state index is 4.80. The number of hydrogen-bond donors (Lipinski definition) is 0. The van der Waals surface area contributed by atoms with E-state index in [1.54, 1.807) is 0 Å². The van der Waals surface area contributed by atoms with Crippen molar-refractivity contribution in [2.24, 2.45) is 11.8 Å². The van der Waals surface area contributed by atoms with Crippen molar-refractivity contribution in [1.82, 2.24) is 14.6 Å². The van der Waals surface area contributed by atoms with Crippen LogP contribution in [0, 0.1) is 25.7 Å². The molecule has 2 atom stereocenters. The summed E-state index contributed by atoms with van der Waals surface area (Å²) in [5.41, 5.74) is 5.53. The molecule has 4 nitrogen and oxygen atoms in total. The maximum absolute atomic E-state index is 4.80. The zero-order valence-electron chi connectivity index (χ0n) is 15.5. The molecule has 4 heteroatoms. The molecule has 0 radical (unpaired) electrons. The van der Waals surface area contributed by atoms with Crippen LogP contribution in [0.5, 0.6) is 0 Å². The van der Waals surface area contributed by atoms with Crippen molar-refractivity contribution >= 4 is 11.5 Å². The van der Waals surface area contributed by atoms with Crippen molar-refractivity contribution in [3.05, 3.63) is 47.8 Å². The molecule has 0 bridgehead atoms. The number of nitrogens with zero attached hydrogens (tertiary/aromatic N) is 4. The molecule has 4 rings (SSSR count). The number of fused-ring (bicyclic) bond motifs is 1. The van der Waals surface area contributed by atoms with E-state index in [0.29, 0.717) is 11.8 Å². The molecule has 130 valence electrons. The monoisotopic (exact) mass is 334 g/mol. The molecule has 1 fully saturated rings. The lowest BCUT2D eigenvalue weighted by Crippen LogP contribution is -2.39. The van der Waals surface area contributed by atoms with Gasteiger partial charge in [-0.2, -0.15) is 9.61 Å². The largest absolute Gasteiger partial charge is 0.356 e. The fourth-order valence-electron chi connectivity index (χ4n) is 4.08. The Morgan fingerprint density at radius 2 is 1.68 bits per heavy atom. The van der Waals surface area contributed by atoms with Crippen LogP contribution < -0.4 is 4.90 Å². The van der Waals surface area contributed by atoms with Crippen LogP contribution in [0.3, 0.4) is 0 Å². The van der Waals surface area contributed by atoms with E-state index in [1.807, 2.05) is 10.7 Å². The lowest BCUT2D eigenvalue weighted by molar-refractivity contribution is 0.354. The average molecular weight is 334 g/mol. The predicted octanol–water partition coefficient (Wildman–Crippen LogP) is 4.50. The smallest absolute Gasteiger partial charge is 0.165 e. The lowest BCUT2D eigenvalue weighted by atomic mass is 9.92. The molecule has 1 aromatic carbocycles. The van der Waals surface area contributed by atoms with Crippen LogP contribution in [0.25, 0.3) is 16.8 Å². The van der Waals surface area contributed by atoms with Gasteiger partial charge in [-0.05, 0) is 37.7 Å². The molecular weight excluding hydrogens is 308 g/mol. The number of aryl methyl sites for hydroxylation is 2. The molecule has 0 aliphatic carbocycles. The minimum atomic E-state index is 0.708. The van der Waals surface area contributed by atoms with Gasteiger partial charge in [-0.15, -0.1) is 0 Å². The summed E-state index contributed by atoms with van der Waals surface area (Å²) >= 11 is 0. The minimum absolute atomic E-state index is 0.708. The Balaban J connectivity index is 1.83. The molecule has 0 saturated carbocycles. The van der Waals surface area contributed by atoms with E-state index in [4.69, 9.17) is 10.1 Å². The fourth-order valence-corrected chi connectivity index (χ4v) is 4.08. The van der Waals surface area contributed by atoms with Crippen molar-refractivity contribution in [2.75, 3.05) is 18.0 Å². The summed E-state index contributed by atoms with van der Waals surface area (Å²) in [6.07, 6.45) is 3.25. The summed E-state index contributed by atoms with van der Waals surface area (Å²) in [6, 6.07) is 10.8. The summed E-state index contributed by atoms with van der Waals surface area (Å²) in [7, 11) is 0. The van der Waals surface area contributed by atoms with Gasteiger partial charge in [0.1, 0.15) is 5.82 Å². The minimum Gasteiger partial charge on any atom is -0.356 e. The molecule has 1 aliphatic rings. The third-order valence-corrected chi connectivity index (χ3v) is 5.14. The van der Waals surface area contributed by atoms with Crippen LogP contribution in [-0.4, -0.2) is 27.7 Å². The second-order valence-corrected chi connectivity index (χ2v) is 7.77. The van der Waals surface area contributed by atoms with Crippen LogP contribution >= 0.6 is 0 Å². The van der Waals surface area contributed by atoms with Gasteiger partial charge in [0.25, 0.3) is 0 Å². The Morgan fingerprint density at radius 3 is 2.36 bits per heavy atom. The first-order valence-electron chi connectivity index (χ1n) is 9.18. The molecule has 0 amide bonds. The van der Waals surface area contributed by atoms with Crippen molar-refractivity contribution in [2.45, 2.75) is 34.1 Å². The van der Waals surface area contributed by atoms with E-state index in [2.05, 4.69) is 62.9 Å². The predicted molar refractivity (Wildman–Crippen MR) is 103 cm³/mol. The molecule has 3 aromatic rings. The Hall–Kier alpha value is -2.36. The quantitative estimate of drug-likeness (QED) is 0.692. The highest BCUT2D eigenvalue weighted by Crippen LogP contribution is 2.30. The van der Waals surface area contributed by atoms with Crippen LogP contribution in [0.2, 0.25) is 0 Å². The van der Waals surface area contributed by atoms with Gasteiger partial charge in [-0.25, -0.2) is 4.98 Å². The van der Waals surface area contributed by atoms with E-state index < -0.39 is 0 Å². The number of piperidine rings is 1. The van der Waals surface area contributed by atoms with Crippen molar-refractivity contribution in [1.29, 1.82) is 0 Å². The molecule has 2 aromatic heterocycles. The summed E-state index contributed by atoms with van der Waals surface area (Å²) in [5.74, 6) is 2.58. The zero-order valence-corrected chi connectivity index (χ0v) is 15.5. The standard InChI is InChI=1S/C21H26N4/c1-14-5-7-18(8-6-14)19-11-22-25-20(10-17(4)23-21(19)25)24-12-15(2)9-16(3)13-24/h5-8,10-11,15-16H,9,12-13H2,1-4H3/t15-,16-/m1/s1. The fraction of sp³-hybridized carbons (Fsp3) is 0.429. The van der Waals surface area contributed by atoms with Gasteiger partial charge in [0.2, 0.25) is 0 Å². The van der Waals surface area contributed by atoms with Gasteiger partial charge < -0.3 is 4.90 Å². The summed E-state index contributed by atoms with van der Waals surface area (Å²) in [4.78, 5) is 7.28. The number of anilines is 1. The number of hydrogen-bond acceptors (Lipinski definition) is 3. The highest BCUT2D eigenvalue weighted by atomic mass is 15.3. The Kier molecular flexibility index (Phi) is 3.98. The average Bonchev–Trinajstić information content (AvgIpc) is 2.97. The molecule has 1 aliphatic heterocycles. The first-order chi connectivity index (χ1) is 12.0. The zero-order chi connectivity index (χ0) is 17.6. The second-order valence-electron chi connectivity index (χ2n) is 7.77. The molecule has 0 N–H and O–H groups in total. The first-order valence-corrected chi connectivity index (χ1v) is 9.18. The Labute approximate surface area is 149 Å². The van der Waals surface area contributed by atoms with E-state index in [0.717, 1.165) is 30.0 Å². The first kappa shape index (κ1) is 16.1.